The minimum Gasteiger partial charge on any atom is -0.258 e. The van der Waals surface area contributed by atoms with E-state index in [1.807, 2.05) is 0 Å². The van der Waals surface area contributed by atoms with Crippen LogP contribution in [0.25, 0.3) is 0 Å². The lowest BCUT2D eigenvalue weighted by molar-refractivity contribution is -0.387. The van der Waals surface area contributed by atoms with Crippen molar-refractivity contribution in [2.24, 2.45) is 0 Å². The second kappa shape index (κ2) is 6.02. The Morgan fingerprint density at radius 3 is 2.74 bits per heavy atom. The van der Waals surface area contributed by atoms with Gasteiger partial charge in [-0.05, 0) is 19.1 Å². The normalized spacial score (nSPS) is 12.7. The van der Waals surface area contributed by atoms with Crippen molar-refractivity contribution < 1.29 is 13.3 Å². The van der Waals surface area contributed by atoms with Crippen LogP contribution < -0.4 is 4.72 Å². The summed E-state index contributed by atoms with van der Waals surface area (Å²) < 4.78 is 26.3. The molecule has 19 heavy (non-hydrogen) atoms. The molecule has 1 unspecified atom stereocenters. The van der Waals surface area contributed by atoms with Crippen molar-refractivity contribution in [2.75, 3.05) is 0 Å². The fourth-order valence-electron chi connectivity index (χ4n) is 1.41. The Kier molecular flexibility index (Phi) is 4.89. The maximum Gasteiger partial charge on any atom is 0.290 e. The van der Waals surface area contributed by atoms with Gasteiger partial charge in [0.2, 0.25) is 10.0 Å². The topological polar surface area (TPSA) is 89.3 Å². The fraction of sp³-hybridized carbons (Fsp3) is 0.273. The van der Waals surface area contributed by atoms with E-state index < -0.39 is 31.6 Å². The van der Waals surface area contributed by atoms with E-state index in [1.165, 1.54) is 6.07 Å². The third-order valence-corrected chi connectivity index (χ3v) is 4.06. The number of hydrogen-bond donors (Lipinski definition) is 1. The summed E-state index contributed by atoms with van der Waals surface area (Å²) in [5.74, 6) is 2.31. The number of benzene rings is 1. The van der Waals surface area contributed by atoms with Gasteiger partial charge in [-0.25, -0.2) is 13.1 Å². The van der Waals surface area contributed by atoms with Gasteiger partial charge in [-0.3, -0.25) is 10.1 Å². The lowest BCUT2D eigenvalue weighted by Gasteiger charge is -2.11. The number of nitrogens with one attached hydrogen (secondary N) is 1. The average Bonchev–Trinajstić information content (AvgIpc) is 2.27. The molecular weight excluding hydrogens is 292 g/mol. The van der Waals surface area contributed by atoms with Crippen LogP contribution >= 0.6 is 11.6 Å². The number of nitro benzene ring substituents is 1. The van der Waals surface area contributed by atoms with Crippen LogP contribution in [0.3, 0.4) is 0 Å². The first-order chi connectivity index (χ1) is 8.77. The molecule has 0 aromatic heterocycles. The fourth-order valence-corrected chi connectivity index (χ4v) is 2.97. The van der Waals surface area contributed by atoms with Crippen LogP contribution in [-0.2, 0) is 10.0 Å². The molecule has 0 aliphatic carbocycles. The van der Waals surface area contributed by atoms with Gasteiger partial charge in [-0.1, -0.05) is 11.6 Å². The quantitative estimate of drug-likeness (QED) is 0.511. The summed E-state index contributed by atoms with van der Waals surface area (Å²) >= 11 is 5.62. The van der Waals surface area contributed by atoms with E-state index in [1.54, 1.807) is 6.92 Å². The minimum atomic E-state index is -4.02. The highest BCUT2D eigenvalue weighted by molar-refractivity contribution is 7.89. The van der Waals surface area contributed by atoms with Crippen LogP contribution in [0, 0.1) is 22.5 Å². The van der Waals surface area contributed by atoms with E-state index >= 15 is 0 Å². The molecular formula is C11H11ClN2O4S. The zero-order valence-corrected chi connectivity index (χ0v) is 11.5. The number of hydrogen-bond acceptors (Lipinski definition) is 4. The maximum atomic E-state index is 12.0. The highest BCUT2D eigenvalue weighted by Crippen LogP contribution is 2.27. The SMILES string of the molecule is C#CCC(C)NS(=O)(=O)c1ccc(Cl)cc1[N+](=O)[O-]. The highest BCUT2D eigenvalue weighted by atomic mass is 35.5. The Balaban J connectivity index is 3.22. The summed E-state index contributed by atoms with van der Waals surface area (Å²) in [4.78, 5) is 9.62. The molecule has 6 nitrogen and oxygen atoms in total. The monoisotopic (exact) mass is 302 g/mol. The Hall–Kier alpha value is -1.62. The molecule has 0 amide bonds. The maximum absolute atomic E-state index is 12.0. The van der Waals surface area contributed by atoms with Crippen LogP contribution in [0.1, 0.15) is 13.3 Å². The number of nitrogens with zero attached hydrogens (tertiary/aromatic N) is 1. The summed E-state index contributed by atoms with van der Waals surface area (Å²) in [7, 11) is -4.02. The first kappa shape index (κ1) is 15.4. The lowest BCUT2D eigenvalue weighted by Crippen LogP contribution is -2.32. The molecule has 0 bridgehead atoms. The summed E-state index contributed by atoms with van der Waals surface area (Å²) in [5, 5.41) is 10.9. The Labute approximate surface area is 116 Å². The number of sulfonamides is 1. The van der Waals surface area contributed by atoms with Crippen LogP contribution in [0.4, 0.5) is 5.69 Å². The van der Waals surface area contributed by atoms with Crippen LogP contribution in [-0.4, -0.2) is 19.4 Å². The number of terminal acetylenes is 1. The van der Waals surface area contributed by atoms with Crippen molar-refractivity contribution in [3.05, 3.63) is 33.3 Å². The largest absolute Gasteiger partial charge is 0.290 e. The van der Waals surface area contributed by atoms with Gasteiger partial charge in [0.25, 0.3) is 5.69 Å². The number of halogens is 1. The van der Waals surface area contributed by atoms with Gasteiger partial charge >= 0.3 is 0 Å². The minimum absolute atomic E-state index is 0.0855. The summed E-state index contributed by atoms with van der Waals surface area (Å²) in [6, 6.07) is 2.83. The van der Waals surface area contributed by atoms with Crippen LogP contribution in [0.15, 0.2) is 23.1 Å². The van der Waals surface area contributed by atoms with E-state index in [0.29, 0.717) is 0 Å². The molecule has 0 saturated heterocycles. The number of nitro groups is 1. The molecule has 0 aliphatic rings. The molecule has 8 heteroatoms. The van der Waals surface area contributed by atoms with E-state index in [9.17, 15) is 18.5 Å². The van der Waals surface area contributed by atoms with E-state index in [-0.39, 0.29) is 11.4 Å². The van der Waals surface area contributed by atoms with E-state index in [2.05, 4.69) is 10.6 Å². The second-order valence-electron chi connectivity index (χ2n) is 3.80. The molecule has 102 valence electrons. The smallest absolute Gasteiger partial charge is 0.258 e. The zero-order chi connectivity index (χ0) is 14.6. The molecule has 0 radical (unpaired) electrons. The van der Waals surface area contributed by atoms with Gasteiger partial charge in [-0.2, -0.15) is 0 Å². The van der Waals surface area contributed by atoms with E-state index in [4.69, 9.17) is 18.0 Å². The van der Waals surface area contributed by atoms with Gasteiger partial charge in [0.05, 0.1) is 4.92 Å². The average molecular weight is 303 g/mol. The van der Waals surface area contributed by atoms with Crippen LogP contribution in [0.2, 0.25) is 5.02 Å². The van der Waals surface area contributed by atoms with Gasteiger partial charge < -0.3 is 0 Å². The van der Waals surface area contributed by atoms with Gasteiger partial charge in [0.15, 0.2) is 4.90 Å². The third kappa shape index (κ3) is 3.92. The first-order valence-electron chi connectivity index (χ1n) is 5.17. The molecule has 1 N–H and O–H groups in total. The number of rotatable bonds is 5. The highest BCUT2D eigenvalue weighted by Gasteiger charge is 2.27. The predicted molar refractivity (Wildman–Crippen MR) is 71.3 cm³/mol. The van der Waals surface area contributed by atoms with Crippen molar-refractivity contribution in [3.8, 4) is 12.3 Å². The molecule has 0 saturated carbocycles. The van der Waals surface area contributed by atoms with E-state index in [0.717, 1.165) is 12.1 Å². The molecule has 1 rings (SSSR count). The van der Waals surface area contributed by atoms with Gasteiger partial charge in [0.1, 0.15) is 0 Å². The van der Waals surface area contributed by atoms with Crippen LogP contribution in [0.5, 0.6) is 0 Å². The molecule has 0 aliphatic heterocycles. The van der Waals surface area contributed by atoms with Gasteiger partial charge in [0, 0.05) is 23.6 Å². The van der Waals surface area contributed by atoms with Crippen molar-refractivity contribution in [1.82, 2.24) is 4.72 Å². The Bertz CT molecular complexity index is 637. The molecule has 1 aromatic rings. The van der Waals surface area contributed by atoms with Crippen molar-refractivity contribution in [1.29, 1.82) is 0 Å². The Morgan fingerprint density at radius 1 is 1.58 bits per heavy atom. The summed E-state index contributed by atoms with van der Waals surface area (Å²) in [5.41, 5.74) is -0.576. The lowest BCUT2D eigenvalue weighted by atomic mass is 10.3. The molecule has 0 spiro atoms. The summed E-state index contributed by atoms with van der Waals surface area (Å²) in [6.07, 6.45) is 5.26. The summed E-state index contributed by atoms with van der Waals surface area (Å²) in [6.45, 7) is 1.57. The Morgan fingerprint density at radius 2 is 2.21 bits per heavy atom. The van der Waals surface area contributed by atoms with Crippen molar-refractivity contribution >= 4 is 27.3 Å². The molecule has 1 atom stereocenters. The van der Waals surface area contributed by atoms with Gasteiger partial charge in [-0.15, -0.1) is 12.3 Å². The first-order valence-corrected chi connectivity index (χ1v) is 7.03. The zero-order valence-electron chi connectivity index (χ0n) is 9.96. The van der Waals surface area contributed by atoms with Crippen molar-refractivity contribution in [3.63, 3.8) is 0 Å². The second-order valence-corrected chi connectivity index (χ2v) is 5.92. The predicted octanol–water partition coefficient (Wildman–Crippen LogP) is 1.94. The van der Waals surface area contributed by atoms with Crippen molar-refractivity contribution in [2.45, 2.75) is 24.3 Å². The molecule has 1 aromatic carbocycles. The third-order valence-electron chi connectivity index (χ3n) is 2.19. The standard InChI is InChI=1S/C11H11ClN2O4S/c1-3-4-8(2)13-19(17,18)11-6-5-9(12)7-10(11)14(15)16/h1,5-8,13H,4H2,2H3. The molecule has 0 fully saturated rings. The molecule has 0 heterocycles.